The Morgan fingerprint density at radius 2 is 1.86 bits per heavy atom. The predicted molar refractivity (Wildman–Crippen MR) is 87.1 cm³/mol. The summed E-state index contributed by atoms with van der Waals surface area (Å²) in [4.78, 5) is 12.5. The summed E-state index contributed by atoms with van der Waals surface area (Å²) < 4.78 is 0. The number of carbonyl (C=O) groups is 1. The van der Waals surface area contributed by atoms with Gasteiger partial charge in [0.25, 0.3) is 0 Å². The third-order valence-electron chi connectivity index (χ3n) is 4.59. The van der Waals surface area contributed by atoms with Crippen LogP contribution >= 0.6 is 0 Å². The third-order valence-corrected chi connectivity index (χ3v) is 4.59. The van der Waals surface area contributed by atoms with E-state index >= 15 is 0 Å². The molecule has 1 aliphatic rings. The van der Waals surface area contributed by atoms with Crippen LogP contribution < -0.4 is 10.6 Å². The van der Waals surface area contributed by atoms with Gasteiger partial charge in [0, 0.05) is 12.0 Å². The molecule has 1 heterocycles. The van der Waals surface area contributed by atoms with Gasteiger partial charge in [-0.25, -0.2) is 0 Å². The lowest BCUT2D eigenvalue weighted by atomic mass is 9.80. The van der Waals surface area contributed by atoms with Gasteiger partial charge in [0.1, 0.15) is 0 Å². The van der Waals surface area contributed by atoms with Gasteiger partial charge in [0.2, 0.25) is 5.91 Å². The number of amides is 1. The van der Waals surface area contributed by atoms with Crippen LogP contribution in [0, 0.1) is 10.8 Å². The number of hydrogen-bond donors (Lipinski definition) is 2. The molecule has 21 heavy (non-hydrogen) atoms. The van der Waals surface area contributed by atoms with E-state index in [0.29, 0.717) is 0 Å². The summed E-state index contributed by atoms with van der Waals surface area (Å²) in [6, 6.07) is 10.2. The van der Waals surface area contributed by atoms with Gasteiger partial charge < -0.3 is 10.6 Å². The van der Waals surface area contributed by atoms with Gasteiger partial charge in [0.05, 0.1) is 0 Å². The maximum atomic E-state index is 12.5. The van der Waals surface area contributed by atoms with Gasteiger partial charge in [-0.3, -0.25) is 4.79 Å². The summed E-state index contributed by atoms with van der Waals surface area (Å²) >= 11 is 0. The molecule has 2 rings (SSSR count). The van der Waals surface area contributed by atoms with E-state index in [1.165, 1.54) is 5.56 Å². The van der Waals surface area contributed by atoms with Crippen LogP contribution in [0.3, 0.4) is 0 Å². The Morgan fingerprint density at radius 3 is 2.48 bits per heavy atom. The third kappa shape index (κ3) is 4.57. The van der Waals surface area contributed by atoms with E-state index in [4.69, 9.17) is 0 Å². The molecule has 0 saturated carbocycles. The zero-order valence-electron chi connectivity index (χ0n) is 13.5. The molecule has 2 N–H and O–H groups in total. The molecule has 0 bridgehead atoms. The Labute approximate surface area is 128 Å². The van der Waals surface area contributed by atoms with Crippen LogP contribution in [-0.2, 0) is 11.2 Å². The van der Waals surface area contributed by atoms with Crippen LogP contribution in [0.15, 0.2) is 30.3 Å². The first kappa shape index (κ1) is 16.0. The minimum atomic E-state index is -0.370. The Balaban J connectivity index is 1.89. The highest BCUT2D eigenvalue weighted by Gasteiger charge is 2.31. The number of rotatable bonds is 5. The predicted octanol–water partition coefficient (Wildman–Crippen LogP) is 2.76. The average Bonchev–Trinajstić information content (AvgIpc) is 2.46. The van der Waals surface area contributed by atoms with E-state index in [9.17, 15) is 4.79 Å². The molecule has 0 atom stereocenters. The SMILES string of the molecule is CC1(CNC(=O)C(C)(C)Cc2ccccc2)CCNCC1. The minimum absolute atomic E-state index is 0.158. The zero-order chi connectivity index (χ0) is 15.3. The van der Waals surface area contributed by atoms with Crippen molar-refractivity contribution in [3.8, 4) is 0 Å². The van der Waals surface area contributed by atoms with E-state index < -0.39 is 0 Å². The van der Waals surface area contributed by atoms with Crippen molar-refractivity contribution in [2.75, 3.05) is 19.6 Å². The first-order valence-electron chi connectivity index (χ1n) is 7.94. The quantitative estimate of drug-likeness (QED) is 0.875. The van der Waals surface area contributed by atoms with Gasteiger partial charge in [-0.05, 0) is 43.3 Å². The second kappa shape index (κ2) is 6.61. The molecule has 1 aromatic carbocycles. The standard InChI is InChI=1S/C18H28N2O/c1-17(2,13-15-7-5-4-6-8-15)16(21)20-14-18(3)9-11-19-12-10-18/h4-8,19H,9-14H2,1-3H3,(H,20,21). The summed E-state index contributed by atoms with van der Waals surface area (Å²) in [5.74, 6) is 0.158. The Bertz CT molecular complexity index is 461. The second-order valence-electron chi connectivity index (χ2n) is 7.29. The van der Waals surface area contributed by atoms with E-state index in [0.717, 1.165) is 38.9 Å². The van der Waals surface area contributed by atoms with Crippen molar-refractivity contribution in [1.29, 1.82) is 0 Å². The van der Waals surface area contributed by atoms with Crippen molar-refractivity contribution in [1.82, 2.24) is 10.6 Å². The highest BCUT2D eigenvalue weighted by molar-refractivity contribution is 5.82. The highest BCUT2D eigenvalue weighted by Crippen LogP contribution is 2.28. The molecule has 116 valence electrons. The molecular weight excluding hydrogens is 260 g/mol. The van der Waals surface area contributed by atoms with Crippen LogP contribution in [0.25, 0.3) is 0 Å². The second-order valence-corrected chi connectivity index (χ2v) is 7.29. The maximum absolute atomic E-state index is 12.5. The lowest BCUT2D eigenvalue weighted by Gasteiger charge is -2.35. The smallest absolute Gasteiger partial charge is 0.226 e. The summed E-state index contributed by atoms with van der Waals surface area (Å²) in [6.07, 6.45) is 3.04. The number of carbonyl (C=O) groups excluding carboxylic acids is 1. The number of piperidine rings is 1. The first-order valence-corrected chi connectivity index (χ1v) is 7.94. The molecule has 1 saturated heterocycles. The van der Waals surface area contributed by atoms with E-state index in [1.807, 2.05) is 32.0 Å². The molecule has 1 amide bonds. The molecular formula is C18H28N2O. The molecule has 1 aromatic rings. The van der Waals surface area contributed by atoms with Crippen molar-refractivity contribution in [3.05, 3.63) is 35.9 Å². The summed E-state index contributed by atoms with van der Waals surface area (Å²) in [6.45, 7) is 9.23. The van der Waals surface area contributed by atoms with Crippen LogP contribution in [0.4, 0.5) is 0 Å². The molecule has 3 heteroatoms. The minimum Gasteiger partial charge on any atom is -0.355 e. The maximum Gasteiger partial charge on any atom is 0.226 e. The van der Waals surface area contributed by atoms with Crippen LogP contribution in [0.2, 0.25) is 0 Å². The van der Waals surface area contributed by atoms with Gasteiger partial charge >= 0.3 is 0 Å². The molecule has 0 radical (unpaired) electrons. The fraction of sp³-hybridized carbons (Fsp3) is 0.611. The van der Waals surface area contributed by atoms with Crippen molar-refractivity contribution in [2.45, 2.75) is 40.0 Å². The van der Waals surface area contributed by atoms with E-state index in [1.54, 1.807) is 0 Å². The Hall–Kier alpha value is -1.35. The van der Waals surface area contributed by atoms with Gasteiger partial charge in [0.15, 0.2) is 0 Å². The van der Waals surface area contributed by atoms with E-state index in [2.05, 4.69) is 29.7 Å². The lowest BCUT2D eigenvalue weighted by molar-refractivity contribution is -0.129. The Kier molecular flexibility index (Phi) is 5.04. The zero-order valence-corrected chi connectivity index (χ0v) is 13.5. The largest absolute Gasteiger partial charge is 0.355 e. The normalized spacial score (nSPS) is 18.2. The van der Waals surface area contributed by atoms with Crippen molar-refractivity contribution < 1.29 is 4.79 Å². The van der Waals surface area contributed by atoms with Crippen LogP contribution in [0.5, 0.6) is 0 Å². The van der Waals surface area contributed by atoms with Gasteiger partial charge in [-0.2, -0.15) is 0 Å². The molecule has 0 unspecified atom stereocenters. The molecule has 0 aromatic heterocycles. The van der Waals surface area contributed by atoms with Crippen LogP contribution in [-0.4, -0.2) is 25.5 Å². The van der Waals surface area contributed by atoms with Crippen molar-refractivity contribution in [2.24, 2.45) is 10.8 Å². The molecule has 0 aliphatic carbocycles. The fourth-order valence-electron chi connectivity index (χ4n) is 2.93. The van der Waals surface area contributed by atoms with Gasteiger partial charge in [-0.1, -0.05) is 51.1 Å². The summed E-state index contributed by atoms with van der Waals surface area (Å²) in [7, 11) is 0. The average molecular weight is 288 g/mol. The van der Waals surface area contributed by atoms with Crippen molar-refractivity contribution in [3.63, 3.8) is 0 Å². The molecule has 1 aliphatic heterocycles. The topological polar surface area (TPSA) is 41.1 Å². The van der Waals surface area contributed by atoms with E-state index in [-0.39, 0.29) is 16.7 Å². The Morgan fingerprint density at radius 1 is 1.24 bits per heavy atom. The van der Waals surface area contributed by atoms with Crippen LogP contribution in [0.1, 0.15) is 39.2 Å². The number of benzene rings is 1. The first-order chi connectivity index (χ1) is 9.91. The number of hydrogen-bond acceptors (Lipinski definition) is 2. The lowest BCUT2D eigenvalue weighted by Crippen LogP contribution is -2.46. The van der Waals surface area contributed by atoms with Gasteiger partial charge in [-0.15, -0.1) is 0 Å². The molecule has 3 nitrogen and oxygen atoms in total. The fourth-order valence-corrected chi connectivity index (χ4v) is 2.93. The number of nitrogens with one attached hydrogen (secondary N) is 2. The van der Waals surface area contributed by atoms with Crippen molar-refractivity contribution >= 4 is 5.91 Å². The monoisotopic (exact) mass is 288 g/mol. The molecule has 0 spiro atoms. The summed E-state index contributed by atoms with van der Waals surface area (Å²) in [5.41, 5.74) is 1.08. The molecule has 1 fully saturated rings. The summed E-state index contributed by atoms with van der Waals surface area (Å²) in [5, 5.41) is 6.56. The highest BCUT2D eigenvalue weighted by atomic mass is 16.2.